The van der Waals surface area contributed by atoms with Crippen LogP contribution in [0.15, 0.2) is 0 Å². The molecule has 2 unspecified atom stereocenters. The Labute approximate surface area is 97.9 Å². The number of halogens is 1. The van der Waals surface area contributed by atoms with Gasteiger partial charge >= 0.3 is 0 Å². The highest BCUT2D eigenvalue weighted by atomic mass is 35.5. The molecular weight excluding hydrogens is 210 g/mol. The van der Waals surface area contributed by atoms with Crippen LogP contribution >= 0.6 is 11.6 Å². The van der Waals surface area contributed by atoms with Crippen LogP contribution < -0.4 is 0 Å². The predicted molar refractivity (Wildman–Crippen MR) is 63.5 cm³/mol. The van der Waals surface area contributed by atoms with Gasteiger partial charge in [-0.1, -0.05) is 0 Å². The molecule has 2 fully saturated rings. The van der Waals surface area contributed by atoms with Crippen LogP contribution in [-0.4, -0.2) is 41.6 Å². The lowest BCUT2D eigenvalue weighted by molar-refractivity contribution is -0.0302. The van der Waals surface area contributed by atoms with Crippen molar-refractivity contribution in [1.29, 1.82) is 0 Å². The summed E-state index contributed by atoms with van der Waals surface area (Å²) >= 11 is 6.17. The summed E-state index contributed by atoms with van der Waals surface area (Å²) in [5, 5.41) is 0.355. The lowest BCUT2D eigenvalue weighted by Crippen LogP contribution is -2.41. The third-order valence-electron chi connectivity index (χ3n) is 3.46. The standard InChI is InChI=1S/C12H22ClNO/c1-12(2)6-5-11(15-12)9-14-7-3-4-10(13)8-14/h10-11H,3-9H2,1-2H3. The Kier molecular flexibility index (Phi) is 3.59. The molecule has 2 heterocycles. The SMILES string of the molecule is CC1(C)CCC(CN2CCCC(Cl)C2)O1. The topological polar surface area (TPSA) is 12.5 Å². The molecular formula is C12H22ClNO. The number of alkyl halides is 1. The molecule has 0 aromatic heterocycles. The lowest BCUT2D eigenvalue weighted by atomic mass is 10.0. The molecule has 2 rings (SSSR count). The van der Waals surface area contributed by atoms with Crippen molar-refractivity contribution in [2.24, 2.45) is 0 Å². The van der Waals surface area contributed by atoms with Crippen LogP contribution in [0.25, 0.3) is 0 Å². The summed E-state index contributed by atoms with van der Waals surface area (Å²) in [6.45, 7) is 7.69. The summed E-state index contributed by atoms with van der Waals surface area (Å²) in [4.78, 5) is 2.47. The molecule has 2 aliphatic rings. The van der Waals surface area contributed by atoms with Crippen molar-refractivity contribution in [1.82, 2.24) is 4.90 Å². The fraction of sp³-hybridized carbons (Fsp3) is 1.00. The molecule has 0 radical (unpaired) electrons. The molecule has 3 heteroatoms. The number of ether oxygens (including phenoxy) is 1. The van der Waals surface area contributed by atoms with E-state index in [1.165, 1.54) is 32.2 Å². The smallest absolute Gasteiger partial charge is 0.0710 e. The fourth-order valence-electron chi connectivity index (χ4n) is 2.66. The molecule has 2 saturated heterocycles. The molecule has 2 atom stereocenters. The summed E-state index contributed by atoms with van der Waals surface area (Å²) < 4.78 is 6.00. The molecule has 2 aliphatic heterocycles. The van der Waals surface area contributed by atoms with E-state index in [9.17, 15) is 0 Å². The van der Waals surface area contributed by atoms with E-state index in [4.69, 9.17) is 16.3 Å². The van der Waals surface area contributed by atoms with Gasteiger partial charge in [-0.25, -0.2) is 0 Å². The maximum Gasteiger partial charge on any atom is 0.0710 e. The summed E-state index contributed by atoms with van der Waals surface area (Å²) in [6, 6.07) is 0. The number of nitrogens with zero attached hydrogens (tertiary/aromatic N) is 1. The van der Waals surface area contributed by atoms with E-state index in [0.29, 0.717) is 11.5 Å². The van der Waals surface area contributed by atoms with Crippen LogP contribution in [0.2, 0.25) is 0 Å². The average molecular weight is 232 g/mol. The van der Waals surface area contributed by atoms with Gasteiger partial charge in [0.1, 0.15) is 0 Å². The molecule has 0 aliphatic carbocycles. The number of piperidine rings is 1. The van der Waals surface area contributed by atoms with Crippen molar-refractivity contribution >= 4 is 11.6 Å². The van der Waals surface area contributed by atoms with Crippen molar-refractivity contribution in [2.45, 2.75) is 56.6 Å². The highest BCUT2D eigenvalue weighted by molar-refractivity contribution is 6.20. The fourth-order valence-corrected chi connectivity index (χ4v) is 3.01. The second-order valence-corrected chi connectivity index (χ2v) is 6.15. The monoisotopic (exact) mass is 231 g/mol. The van der Waals surface area contributed by atoms with E-state index >= 15 is 0 Å². The van der Waals surface area contributed by atoms with Crippen molar-refractivity contribution in [3.05, 3.63) is 0 Å². The summed E-state index contributed by atoms with van der Waals surface area (Å²) in [5.74, 6) is 0. The van der Waals surface area contributed by atoms with Crippen LogP contribution in [0.4, 0.5) is 0 Å². The zero-order valence-corrected chi connectivity index (χ0v) is 10.6. The molecule has 88 valence electrons. The second-order valence-electron chi connectivity index (χ2n) is 5.54. The first-order valence-electron chi connectivity index (χ1n) is 6.09. The van der Waals surface area contributed by atoms with Gasteiger partial charge in [-0.3, -0.25) is 4.90 Å². The van der Waals surface area contributed by atoms with Gasteiger partial charge in [-0.05, 0) is 46.1 Å². The first-order valence-corrected chi connectivity index (χ1v) is 6.53. The van der Waals surface area contributed by atoms with Gasteiger partial charge in [0.15, 0.2) is 0 Å². The minimum atomic E-state index is 0.0980. The first-order chi connectivity index (χ1) is 7.05. The predicted octanol–water partition coefficient (Wildman–Crippen LogP) is 2.65. The van der Waals surface area contributed by atoms with E-state index in [1.807, 2.05) is 0 Å². The highest BCUT2D eigenvalue weighted by Gasteiger charge is 2.33. The van der Waals surface area contributed by atoms with Crippen LogP contribution in [0.5, 0.6) is 0 Å². The lowest BCUT2D eigenvalue weighted by Gasteiger charge is -2.32. The molecule has 2 nitrogen and oxygen atoms in total. The number of hydrogen-bond donors (Lipinski definition) is 0. The second kappa shape index (κ2) is 4.60. The normalized spacial score (nSPS) is 37.0. The van der Waals surface area contributed by atoms with Crippen molar-refractivity contribution in [3.63, 3.8) is 0 Å². The van der Waals surface area contributed by atoms with Crippen LogP contribution in [0, 0.1) is 0 Å². The Morgan fingerprint density at radius 2 is 2.20 bits per heavy atom. The molecule has 0 spiro atoms. The van der Waals surface area contributed by atoms with E-state index in [0.717, 1.165) is 13.1 Å². The maximum absolute atomic E-state index is 6.17. The quantitative estimate of drug-likeness (QED) is 0.678. The Bertz CT molecular complexity index is 220. The summed E-state index contributed by atoms with van der Waals surface area (Å²) in [7, 11) is 0. The maximum atomic E-state index is 6.17. The largest absolute Gasteiger partial charge is 0.371 e. The molecule has 0 bridgehead atoms. The minimum Gasteiger partial charge on any atom is -0.371 e. The number of hydrogen-bond acceptors (Lipinski definition) is 2. The average Bonchev–Trinajstić information content (AvgIpc) is 2.45. The molecule has 0 saturated carbocycles. The van der Waals surface area contributed by atoms with Gasteiger partial charge < -0.3 is 4.74 Å². The van der Waals surface area contributed by atoms with E-state index < -0.39 is 0 Å². The molecule has 15 heavy (non-hydrogen) atoms. The van der Waals surface area contributed by atoms with Gasteiger partial charge in [0, 0.05) is 18.5 Å². The van der Waals surface area contributed by atoms with Gasteiger partial charge in [-0.2, -0.15) is 0 Å². The Balaban J connectivity index is 1.77. The van der Waals surface area contributed by atoms with Gasteiger partial charge in [-0.15, -0.1) is 11.6 Å². The van der Waals surface area contributed by atoms with Crippen LogP contribution in [0.3, 0.4) is 0 Å². The Morgan fingerprint density at radius 3 is 2.80 bits per heavy atom. The molecule has 0 aromatic rings. The summed E-state index contributed by atoms with van der Waals surface area (Å²) in [6.07, 6.45) is 5.24. The summed E-state index contributed by atoms with van der Waals surface area (Å²) in [5.41, 5.74) is 0.0980. The number of likely N-dealkylation sites (tertiary alicyclic amines) is 1. The third kappa shape index (κ3) is 3.33. The molecule has 0 aromatic carbocycles. The zero-order valence-electron chi connectivity index (χ0n) is 9.84. The van der Waals surface area contributed by atoms with E-state index in [1.54, 1.807) is 0 Å². The van der Waals surface area contributed by atoms with Crippen molar-refractivity contribution < 1.29 is 4.74 Å². The Hall–Kier alpha value is 0.210. The van der Waals surface area contributed by atoms with Gasteiger partial charge in [0.2, 0.25) is 0 Å². The van der Waals surface area contributed by atoms with Crippen molar-refractivity contribution in [3.8, 4) is 0 Å². The van der Waals surface area contributed by atoms with E-state index in [2.05, 4.69) is 18.7 Å². The Morgan fingerprint density at radius 1 is 1.40 bits per heavy atom. The van der Waals surface area contributed by atoms with Gasteiger partial charge in [0.25, 0.3) is 0 Å². The first kappa shape index (κ1) is 11.7. The minimum absolute atomic E-state index is 0.0980. The van der Waals surface area contributed by atoms with E-state index in [-0.39, 0.29) is 5.60 Å². The van der Waals surface area contributed by atoms with Gasteiger partial charge in [0.05, 0.1) is 11.7 Å². The zero-order chi connectivity index (χ0) is 10.9. The van der Waals surface area contributed by atoms with Crippen molar-refractivity contribution in [2.75, 3.05) is 19.6 Å². The van der Waals surface area contributed by atoms with Crippen LogP contribution in [0.1, 0.15) is 39.5 Å². The molecule has 0 amide bonds. The highest BCUT2D eigenvalue weighted by Crippen LogP contribution is 2.30. The van der Waals surface area contributed by atoms with Crippen LogP contribution in [-0.2, 0) is 4.74 Å². The third-order valence-corrected chi connectivity index (χ3v) is 3.82. The molecule has 0 N–H and O–H groups in total. The number of rotatable bonds is 2.